The first-order chi connectivity index (χ1) is 13.8. The molecule has 29 heavy (non-hydrogen) atoms. The van der Waals surface area contributed by atoms with Crippen LogP contribution in [0.15, 0.2) is 64.6 Å². The Kier molecular flexibility index (Phi) is 5.59. The second kappa shape index (κ2) is 8.26. The number of rotatable bonds is 5. The molecule has 146 valence electrons. The van der Waals surface area contributed by atoms with Gasteiger partial charge < -0.3 is 20.4 Å². The zero-order chi connectivity index (χ0) is 21.0. The molecule has 7 heteroatoms. The zero-order valence-electron chi connectivity index (χ0n) is 15.4. The predicted octanol–water partition coefficient (Wildman–Crippen LogP) is 4.31. The van der Waals surface area contributed by atoms with Crippen molar-refractivity contribution in [3.63, 3.8) is 0 Å². The minimum Gasteiger partial charge on any atom is -0.508 e. The Morgan fingerprint density at radius 1 is 0.793 bits per heavy atom. The van der Waals surface area contributed by atoms with Gasteiger partial charge in [0.25, 0.3) is 0 Å². The number of aromatic carboxylic acids is 1. The lowest BCUT2D eigenvalue weighted by Crippen LogP contribution is -1.95. The Labute approximate surface area is 166 Å². The lowest BCUT2D eigenvalue weighted by molar-refractivity contribution is 0.0697. The lowest BCUT2D eigenvalue weighted by atomic mass is 10.1. The van der Waals surface area contributed by atoms with E-state index in [1.54, 1.807) is 12.1 Å². The van der Waals surface area contributed by atoms with Crippen LogP contribution in [-0.2, 0) is 0 Å². The smallest absolute Gasteiger partial charge is 0.335 e. The lowest BCUT2D eigenvalue weighted by Gasteiger charge is -2.04. The summed E-state index contributed by atoms with van der Waals surface area (Å²) in [5, 5.41) is 38.5. The number of carbonyl (C=O) groups is 1. The van der Waals surface area contributed by atoms with E-state index in [0.29, 0.717) is 16.8 Å². The first-order valence-electron chi connectivity index (χ1n) is 8.60. The van der Waals surface area contributed by atoms with E-state index in [1.807, 2.05) is 13.0 Å². The number of hydrogen-bond acceptors (Lipinski definition) is 6. The van der Waals surface area contributed by atoms with Crippen molar-refractivity contribution < 1.29 is 25.2 Å². The molecule has 0 fully saturated rings. The quantitative estimate of drug-likeness (QED) is 0.484. The summed E-state index contributed by atoms with van der Waals surface area (Å²) in [6.45, 7) is 1.85. The van der Waals surface area contributed by atoms with Gasteiger partial charge in [0.2, 0.25) is 0 Å². The van der Waals surface area contributed by atoms with E-state index in [1.165, 1.54) is 48.8 Å². The number of aryl methyl sites for hydroxylation is 1. The molecule has 0 amide bonds. The van der Waals surface area contributed by atoms with E-state index in [2.05, 4.69) is 9.98 Å². The summed E-state index contributed by atoms with van der Waals surface area (Å²) >= 11 is 0. The van der Waals surface area contributed by atoms with E-state index in [9.17, 15) is 25.2 Å². The van der Waals surface area contributed by atoms with Crippen LogP contribution in [0.5, 0.6) is 17.2 Å². The normalized spacial score (nSPS) is 11.3. The summed E-state index contributed by atoms with van der Waals surface area (Å²) in [5.74, 6) is -1.27. The third-order valence-corrected chi connectivity index (χ3v) is 4.11. The third-order valence-electron chi connectivity index (χ3n) is 4.11. The maximum absolute atomic E-state index is 11.3. The molecule has 0 saturated heterocycles. The van der Waals surface area contributed by atoms with E-state index in [-0.39, 0.29) is 28.5 Å². The first-order valence-corrected chi connectivity index (χ1v) is 8.60. The van der Waals surface area contributed by atoms with Crippen molar-refractivity contribution in [2.24, 2.45) is 9.98 Å². The molecule has 0 aliphatic carbocycles. The highest BCUT2D eigenvalue weighted by Crippen LogP contribution is 2.30. The van der Waals surface area contributed by atoms with Crippen LogP contribution in [0, 0.1) is 6.92 Å². The van der Waals surface area contributed by atoms with Crippen molar-refractivity contribution in [1.29, 1.82) is 0 Å². The second-order valence-electron chi connectivity index (χ2n) is 6.33. The van der Waals surface area contributed by atoms with Crippen LogP contribution in [0.3, 0.4) is 0 Å². The first kappa shape index (κ1) is 19.6. The number of carboxylic acid groups (broad SMARTS) is 1. The zero-order valence-corrected chi connectivity index (χ0v) is 15.4. The Hall–Kier alpha value is -4.13. The van der Waals surface area contributed by atoms with Crippen LogP contribution in [-0.4, -0.2) is 38.8 Å². The van der Waals surface area contributed by atoms with Crippen molar-refractivity contribution in [2.75, 3.05) is 0 Å². The van der Waals surface area contributed by atoms with E-state index < -0.39 is 5.97 Å². The summed E-state index contributed by atoms with van der Waals surface area (Å²) in [5.41, 5.74) is 2.42. The van der Waals surface area contributed by atoms with Crippen molar-refractivity contribution in [3.05, 3.63) is 76.9 Å². The largest absolute Gasteiger partial charge is 0.508 e. The van der Waals surface area contributed by atoms with Gasteiger partial charge in [0.15, 0.2) is 0 Å². The van der Waals surface area contributed by atoms with Gasteiger partial charge >= 0.3 is 5.97 Å². The fraction of sp³-hybridized carbons (Fsp3) is 0.0455. The van der Waals surface area contributed by atoms with E-state index in [0.717, 1.165) is 5.56 Å². The maximum Gasteiger partial charge on any atom is 0.335 e. The molecule has 7 nitrogen and oxygen atoms in total. The van der Waals surface area contributed by atoms with Gasteiger partial charge in [0, 0.05) is 29.6 Å². The van der Waals surface area contributed by atoms with E-state index in [4.69, 9.17) is 0 Å². The molecule has 0 saturated carbocycles. The number of phenols is 3. The number of nitrogens with zero attached hydrogens (tertiary/aromatic N) is 2. The molecule has 3 aromatic rings. The van der Waals surface area contributed by atoms with Crippen molar-refractivity contribution in [2.45, 2.75) is 6.92 Å². The third kappa shape index (κ3) is 4.78. The highest BCUT2D eigenvalue weighted by Gasteiger charge is 2.08. The fourth-order valence-corrected chi connectivity index (χ4v) is 2.55. The van der Waals surface area contributed by atoms with Gasteiger partial charge in [0.1, 0.15) is 17.2 Å². The van der Waals surface area contributed by atoms with Gasteiger partial charge in [-0.15, -0.1) is 0 Å². The average molecular weight is 390 g/mol. The minimum atomic E-state index is -1.11. The van der Waals surface area contributed by atoms with E-state index >= 15 is 0 Å². The van der Waals surface area contributed by atoms with Crippen LogP contribution in [0.2, 0.25) is 0 Å². The van der Waals surface area contributed by atoms with Gasteiger partial charge in [-0.2, -0.15) is 0 Å². The topological polar surface area (TPSA) is 123 Å². The van der Waals surface area contributed by atoms with Crippen LogP contribution in [0.1, 0.15) is 27.0 Å². The molecule has 3 rings (SSSR count). The number of hydrogen-bond donors (Lipinski definition) is 4. The van der Waals surface area contributed by atoms with Crippen molar-refractivity contribution in [3.8, 4) is 17.2 Å². The Bertz CT molecular complexity index is 1140. The predicted molar refractivity (Wildman–Crippen MR) is 111 cm³/mol. The molecule has 0 aliphatic rings. The minimum absolute atomic E-state index is 0.0386. The molecule has 0 radical (unpaired) electrons. The van der Waals surface area contributed by atoms with Gasteiger partial charge in [0.05, 0.1) is 16.9 Å². The van der Waals surface area contributed by atoms with Crippen molar-refractivity contribution in [1.82, 2.24) is 0 Å². The highest BCUT2D eigenvalue weighted by atomic mass is 16.4. The monoisotopic (exact) mass is 390 g/mol. The molecule has 0 bridgehead atoms. The molecule has 0 spiro atoms. The average Bonchev–Trinajstić information content (AvgIpc) is 2.67. The van der Waals surface area contributed by atoms with Gasteiger partial charge in [-0.3, -0.25) is 9.98 Å². The molecule has 0 aliphatic heterocycles. The molecular weight excluding hydrogens is 372 g/mol. The summed E-state index contributed by atoms with van der Waals surface area (Å²) in [4.78, 5) is 19.9. The molecule has 0 aromatic heterocycles. The summed E-state index contributed by atoms with van der Waals surface area (Å²) in [6, 6.07) is 13.5. The molecule has 0 unspecified atom stereocenters. The number of benzene rings is 3. The standard InChI is InChI=1S/C22H18N2O5/c1-13-2-3-15(20(26)8-13)12-24-19-9-14(22(28)29)5-7-18(19)23-11-16-4-6-17(25)10-21(16)27/h2-12,25-27H,1H3,(H,28,29). The van der Waals surface area contributed by atoms with Crippen molar-refractivity contribution >= 4 is 29.8 Å². The molecule has 0 atom stereocenters. The van der Waals surface area contributed by atoms with Gasteiger partial charge in [-0.05, 0) is 55.0 Å². The number of carboxylic acids is 1. The van der Waals surface area contributed by atoms with Crippen LogP contribution < -0.4 is 0 Å². The molecular formula is C22H18N2O5. The Morgan fingerprint density at radius 3 is 2.03 bits per heavy atom. The van der Waals surface area contributed by atoms with Crippen LogP contribution >= 0.6 is 0 Å². The highest BCUT2D eigenvalue weighted by molar-refractivity contribution is 5.93. The summed E-state index contributed by atoms with van der Waals surface area (Å²) in [7, 11) is 0. The number of aromatic hydroxyl groups is 3. The SMILES string of the molecule is Cc1ccc(C=Nc2cc(C(=O)O)ccc2N=Cc2ccc(O)cc2O)c(O)c1. The van der Waals surface area contributed by atoms with Crippen LogP contribution in [0.4, 0.5) is 11.4 Å². The maximum atomic E-state index is 11.3. The fourth-order valence-electron chi connectivity index (χ4n) is 2.55. The summed E-state index contributed by atoms with van der Waals surface area (Å²) < 4.78 is 0. The molecule has 4 N–H and O–H groups in total. The number of phenolic OH excluding ortho intramolecular Hbond substituents is 3. The van der Waals surface area contributed by atoms with Gasteiger partial charge in [-0.25, -0.2) is 4.79 Å². The second-order valence-corrected chi connectivity index (χ2v) is 6.33. The van der Waals surface area contributed by atoms with Gasteiger partial charge in [-0.1, -0.05) is 6.07 Å². The van der Waals surface area contributed by atoms with Crippen LogP contribution in [0.25, 0.3) is 0 Å². The summed E-state index contributed by atoms with van der Waals surface area (Å²) in [6.07, 6.45) is 2.81. The molecule has 0 heterocycles. The number of aliphatic imine (C=N–C) groups is 2. The Balaban J connectivity index is 1.99. The Morgan fingerprint density at radius 2 is 1.41 bits per heavy atom. The molecule has 3 aromatic carbocycles.